The molecule has 3 N–H and O–H groups in total. The lowest BCUT2D eigenvalue weighted by atomic mass is 10.0. The molecule has 0 saturated carbocycles. The highest BCUT2D eigenvalue weighted by atomic mass is 32.1. The molecule has 1 aromatic heterocycles. The summed E-state index contributed by atoms with van der Waals surface area (Å²) in [6.45, 7) is 6.46. The summed E-state index contributed by atoms with van der Waals surface area (Å²) in [6, 6.07) is 0.212. The van der Waals surface area contributed by atoms with Gasteiger partial charge in [0.2, 0.25) is 0 Å². The normalized spacial score (nSPS) is 13.4. The molecule has 0 aliphatic heterocycles. The molecule has 0 aliphatic rings. The first-order valence-corrected chi connectivity index (χ1v) is 6.17. The van der Waals surface area contributed by atoms with Gasteiger partial charge in [0.05, 0.1) is 16.6 Å². The second-order valence-electron chi connectivity index (χ2n) is 4.27. The Bertz CT molecular complexity index is 285. The van der Waals surface area contributed by atoms with Crippen molar-refractivity contribution < 1.29 is 0 Å². The Labute approximate surface area is 95.4 Å². The molecule has 0 aliphatic carbocycles. The zero-order valence-corrected chi connectivity index (χ0v) is 10.5. The second-order valence-corrected chi connectivity index (χ2v) is 5.05. The van der Waals surface area contributed by atoms with Crippen molar-refractivity contribution in [2.75, 3.05) is 0 Å². The lowest BCUT2D eigenvalue weighted by molar-refractivity contribution is 0.458. The Kier molecular flexibility index (Phi) is 5.14. The largest absolute Gasteiger partial charge is 0.271 e. The molecule has 0 spiro atoms. The van der Waals surface area contributed by atoms with E-state index in [1.807, 2.05) is 6.92 Å². The van der Waals surface area contributed by atoms with E-state index in [1.54, 1.807) is 0 Å². The highest BCUT2D eigenvalue weighted by molar-refractivity contribution is 7.05. The Hall–Kier alpha value is -0.520. The zero-order chi connectivity index (χ0) is 11.3. The molecule has 0 saturated heterocycles. The molecule has 1 heterocycles. The van der Waals surface area contributed by atoms with Crippen LogP contribution in [-0.2, 0) is 0 Å². The first-order chi connectivity index (χ1) is 7.15. The quantitative estimate of drug-likeness (QED) is 0.578. The minimum absolute atomic E-state index is 0.212. The van der Waals surface area contributed by atoms with Gasteiger partial charge in [0.1, 0.15) is 0 Å². The van der Waals surface area contributed by atoms with Crippen LogP contribution in [0.15, 0.2) is 0 Å². The fraction of sp³-hybridized carbons (Fsp3) is 0.800. The molecule has 15 heavy (non-hydrogen) atoms. The number of nitrogens with one attached hydrogen (secondary N) is 1. The van der Waals surface area contributed by atoms with Gasteiger partial charge in [0.15, 0.2) is 0 Å². The van der Waals surface area contributed by atoms with Crippen LogP contribution in [0.5, 0.6) is 0 Å². The van der Waals surface area contributed by atoms with Crippen LogP contribution in [0.4, 0.5) is 0 Å². The number of hydrazine groups is 1. The van der Waals surface area contributed by atoms with Crippen molar-refractivity contribution in [3.05, 3.63) is 10.6 Å². The molecule has 0 fully saturated rings. The van der Waals surface area contributed by atoms with Crippen LogP contribution in [0, 0.1) is 12.8 Å². The smallest absolute Gasteiger partial charge is 0.0773 e. The molecule has 0 amide bonds. The minimum atomic E-state index is 0.212. The molecule has 86 valence electrons. The van der Waals surface area contributed by atoms with E-state index in [0.29, 0.717) is 0 Å². The van der Waals surface area contributed by atoms with E-state index < -0.39 is 0 Å². The van der Waals surface area contributed by atoms with Crippen LogP contribution in [0.3, 0.4) is 0 Å². The van der Waals surface area contributed by atoms with Gasteiger partial charge in [0.25, 0.3) is 0 Å². The summed E-state index contributed by atoms with van der Waals surface area (Å²) in [4.78, 5) is 1.17. The summed E-state index contributed by atoms with van der Waals surface area (Å²) in [7, 11) is 0. The number of aromatic nitrogens is 2. The third-order valence-corrected chi connectivity index (χ3v) is 3.42. The molecule has 1 aromatic rings. The van der Waals surface area contributed by atoms with Gasteiger partial charge in [-0.15, -0.1) is 5.10 Å². The van der Waals surface area contributed by atoms with E-state index in [4.69, 9.17) is 5.84 Å². The molecule has 4 nitrogen and oxygen atoms in total. The number of nitrogens with zero attached hydrogens (tertiary/aromatic N) is 2. The zero-order valence-electron chi connectivity index (χ0n) is 9.66. The van der Waals surface area contributed by atoms with E-state index in [0.717, 1.165) is 18.0 Å². The van der Waals surface area contributed by atoms with Crippen LogP contribution in [0.2, 0.25) is 0 Å². The van der Waals surface area contributed by atoms with Gasteiger partial charge in [-0.3, -0.25) is 11.3 Å². The first kappa shape index (κ1) is 12.5. The number of rotatable bonds is 6. The van der Waals surface area contributed by atoms with Crippen molar-refractivity contribution >= 4 is 11.5 Å². The van der Waals surface area contributed by atoms with Gasteiger partial charge in [-0.1, -0.05) is 31.2 Å². The Morgan fingerprint density at radius 1 is 1.40 bits per heavy atom. The van der Waals surface area contributed by atoms with Crippen LogP contribution >= 0.6 is 11.5 Å². The maximum atomic E-state index is 5.55. The topological polar surface area (TPSA) is 63.8 Å². The predicted molar refractivity (Wildman–Crippen MR) is 63.4 cm³/mol. The highest BCUT2D eigenvalue weighted by Crippen LogP contribution is 2.24. The lowest BCUT2D eigenvalue weighted by Gasteiger charge is -2.14. The summed E-state index contributed by atoms with van der Waals surface area (Å²) >= 11 is 1.44. The Morgan fingerprint density at radius 3 is 2.60 bits per heavy atom. The average molecular weight is 228 g/mol. The summed E-state index contributed by atoms with van der Waals surface area (Å²) in [6.07, 6.45) is 3.48. The summed E-state index contributed by atoms with van der Waals surface area (Å²) in [5, 5.41) is 4.00. The van der Waals surface area contributed by atoms with E-state index in [1.165, 1.54) is 29.3 Å². The molecule has 1 rings (SSSR count). The van der Waals surface area contributed by atoms with Crippen molar-refractivity contribution in [3.63, 3.8) is 0 Å². The molecule has 0 radical (unpaired) electrons. The summed E-state index contributed by atoms with van der Waals surface area (Å²) < 4.78 is 3.93. The second kappa shape index (κ2) is 6.15. The monoisotopic (exact) mass is 228 g/mol. The van der Waals surface area contributed by atoms with Crippen molar-refractivity contribution in [1.29, 1.82) is 0 Å². The summed E-state index contributed by atoms with van der Waals surface area (Å²) in [5.41, 5.74) is 3.84. The molecular weight excluding hydrogens is 208 g/mol. The van der Waals surface area contributed by atoms with E-state index >= 15 is 0 Å². The average Bonchev–Trinajstić information content (AvgIpc) is 2.59. The van der Waals surface area contributed by atoms with E-state index in [-0.39, 0.29) is 6.04 Å². The van der Waals surface area contributed by atoms with Crippen molar-refractivity contribution in [1.82, 2.24) is 15.0 Å². The SMILES string of the molecule is Cc1nnsc1C(CCCC(C)C)NN. The van der Waals surface area contributed by atoms with Crippen LogP contribution in [0.25, 0.3) is 0 Å². The van der Waals surface area contributed by atoms with Crippen molar-refractivity contribution in [3.8, 4) is 0 Å². The van der Waals surface area contributed by atoms with Crippen LogP contribution < -0.4 is 11.3 Å². The fourth-order valence-electron chi connectivity index (χ4n) is 1.58. The molecule has 1 atom stereocenters. The molecule has 0 bridgehead atoms. The van der Waals surface area contributed by atoms with Gasteiger partial charge in [-0.2, -0.15) is 0 Å². The van der Waals surface area contributed by atoms with Gasteiger partial charge < -0.3 is 0 Å². The molecule has 0 aromatic carbocycles. The number of aryl methyl sites for hydroxylation is 1. The van der Waals surface area contributed by atoms with Crippen LogP contribution in [-0.4, -0.2) is 9.59 Å². The molecule has 1 unspecified atom stereocenters. The third kappa shape index (κ3) is 3.85. The Balaban J connectivity index is 2.46. The van der Waals surface area contributed by atoms with Gasteiger partial charge >= 0.3 is 0 Å². The number of nitrogens with two attached hydrogens (primary N) is 1. The highest BCUT2D eigenvalue weighted by Gasteiger charge is 2.15. The first-order valence-electron chi connectivity index (χ1n) is 5.40. The summed E-state index contributed by atoms with van der Waals surface area (Å²) in [5.74, 6) is 6.30. The van der Waals surface area contributed by atoms with Crippen molar-refractivity contribution in [2.45, 2.75) is 46.1 Å². The maximum Gasteiger partial charge on any atom is 0.0773 e. The van der Waals surface area contributed by atoms with Crippen molar-refractivity contribution in [2.24, 2.45) is 11.8 Å². The van der Waals surface area contributed by atoms with Gasteiger partial charge in [0, 0.05) is 0 Å². The lowest BCUT2D eigenvalue weighted by Crippen LogP contribution is -2.27. The third-order valence-electron chi connectivity index (χ3n) is 2.48. The predicted octanol–water partition coefficient (Wildman–Crippen LogP) is 2.18. The van der Waals surface area contributed by atoms with Crippen LogP contribution in [0.1, 0.15) is 49.7 Å². The van der Waals surface area contributed by atoms with E-state index in [9.17, 15) is 0 Å². The number of hydrogen-bond donors (Lipinski definition) is 2. The minimum Gasteiger partial charge on any atom is -0.271 e. The maximum absolute atomic E-state index is 5.55. The molecule has 5 heteroatoms. The van der Waals surface area contributed by atoms with E-state index in [2.05, 4.69) is 28.9 Å². The fourth-order valence-corrected chi connectivity index (χ4v) is 2.31. The number of hydrogen-bond acceptors (Lipinski definition) is 5. The Morgan fingerprint density at radius 2 is 2.13 bits per heavy atom. The van der Waals surface area contributed by atoms with Gasteiger partial charge in [-0.05, 0) is 30.8 Å². The van der Waals surface area contributed by atoms with Gasteiger partial charge in [-0.25, -0.2) is 0 Å². The molecular formula is C10H20N4S. The standard InChI is InChI=1S/C10H20N4S/c1-7(2)5-4-6-9(12-11)10-8(3)13-14-15-10/h7,9,12H,4-6,11H2,1-3H3.